The first-order chi connectivity index (χ1) is 8.98. The summed E-state index contributed by atoms with van der Waals surface area (Å²) in [5, 5.41) is 10.6. The molecular formula is C12H25IN6S. The minimum atomic E-state index is 0. The van der Waals surface area contributed by atoms with Gasteiger partial charge in [0.15, 0.2) is 5.96 Å². The largest absolute Gasteiger partial charge is 0.357 e. The molecule has 0 aliphatic rings. The standard InChI is InChI=1S/C12H24N6S.HI/c1-6-13-11(15-8-12(2,3)19-5)14-7-10-16-9-17-18(10)4;/h9H,6-8H2,1-5H3,(H2,13,14,15);1H. The molecular weight excluding hydrogens is 387 g/mol. The highest BCUT2D eigenvalue weighted by Crippen LogP contribution is 2.19. The fourth-order valence-electron chi connectivity index (χ4n) is 1.32. The van der Waals surface area contributed by atoms with Gasteiger partial charge in [-0.15, -0.1) is 24.0 Å². The lowest BCUT2D eigenvalue weighted by Gasteiger charge is -2.23. The lowest BCUT2D eigenvalue weighted by Crippen LogP contribution is -2.43. The van der Waals surface area contributed by atoms with E-state index in [0.29, 0.717) is 6.54 Å². The number of guanidine groups is 1. The predicted octanol–water partition coefficient (Wildman–Crippen LogP) is 1.63. The van der Waals surface area contributed by atoms with Gasteiger partial charge in [0.1, 0.15) is 18.7 Å². The van der Waals surface area contributed by atoms with Gasteiger partial charge in [0.2, 0.25) is 0 Å². The Morgan fingerprint density at radius 3 is 2.65 bits per heavy atom. The lowest BCUT2D eigenvalue weighted by molar-refractivity contribution is 0.659. The van der Waals surface area contributed by atoms with Crippen molar-refractivity contribution < 1.29 is 0 Å². The normalized spacial score (nSPS) is 11.9. The molecule has 0 radical (unpaired) electrons. The van der Waals surface area contributed by atoms with Crippen LogP contribution in [0.2, 0.25) is 0 Å². The summed E-state index contributed by atoms with van der Waals surface area (Å²) in [5.74, 6) is 1.66. The summed E-state index contributed by atoms with van der Waals surface area (Å²) < 4.78 is 1.92. The number of thioether (sulfide) groups is 1. The van der Waals surface area contributed by atoms with Gasteiger partial charge in [-0.1, -0.05) is 0 Å². The van der Waals surface area contributed by atoms with Crippen molar-refractivity contribution in [3.8, 4) is 0 Å². The smallest absolute Gasteiger partial charge is 0.191 e. The maximum absolute atomic E-state index is 4.52. The van der Waals surface area contributed by atoms with Gasteiger partial charge in [0, 0.05) is 24.9 Å². The van der Waals surface area contributed by atoms with Crippen molar-refractivity contribution >= 4 is 41.7 Å². The topological polar surface area (TPSA) is 67.1 Å². The van der Waals surface area contributed by atoms with Crippen LogP contribution in [0.5, 0.6) is 0 Å². The van der Waals surface area contributed by atoms with Crippen LogP contribution in [0.25, 0.3) is 0 Å². The zero-order valence-corrected chi connectivity index (χ0v) is 16.0. The van der Waals surface area contributed by atoms with Gasteiger partial charge >= 0.3 is 0 Å². The molecule has 0 fully saturated rings. The fourth-order valence-corrected chi connectivity index (χ4v) is 1.54. The van der Waals surface area contributed by atoms with E-state index in [1.54, 1.807) is 11.0 Å². The Bertz CT molecular complexity index is 418. The predicted molar refractivity (Wildman–Crippen MR) is 96.8 cm³/mol. The van der Waals surface area contributed by atoms with E-state index in [4.69, 9.17) is 0 Å². The Hall–Kier alpha value is -0.510. The molecule has 8 heteroatoms. The number of halogens is 1. The highest BCUT2D eigenvalue weighted by molar-refractivity contribution is 14.0. The average molecular weight is 412 g/mol. The summed E-state index contributed by atoms with van der Waals surface area (Å²) in [7, 11) is 1.87. The molecule has 0 atom stereocenters. The summed E-state index contributed by atoms with van der Waals surface area (Å²) in [6, 6.07) is 0. The lowest BCUT2D eigenvalue weighted by atomic mass is 10.2. The molecule has 1 rings (SSSR count). The van der Waals surface area contributed by atoms with Gasteiger partial charge in [-0.25, -0.2) is 9.98 Å². The molecule has 0 unspecified atom stereocenters. The molecule has 20 heavy (non-hydrogen) atoms. The highest BCUT2D eigenvalue weighted by Gasteiger charge is 2.16. The van der Waals surface area contributed by atoms with Crippen molar-refractivity contribution in [3.05, 3.63) is 12.2 Å². The minimum Gasteiger partial charge on any atom is -0.357 e. The van der Waals surface area contributed by atoms with Gasteiger partial charge in [-0.2, -0.15) is 16.9 Å². The molecule has 0 amide bonds. The van der Waals surface area contributed by atoms with Crippen LogP contribution in [-0.2, 0) is 13.6 Å². The van der Waals surface area contributed by atoms with Crippen molar-refractivity contribution in [2.45, 2.75) is 32.1 Å². The Morgan fingerprint density at radius 1 is 1.45 bits per heavy atom. The van der Waals surface area contributed by atoms with E-state index in [0.717, 1.165) is 24.9 Å². The minimum absolute atomic E-state index is 0. The Kier molecular flexibility index (Phi) is 9.19. The molecule has 0 saturated heterocycles. The maximum Gasteiger partial charge on any atom is 0.191 e. The van der Waals surface area contributed by atoms with Crippen LogP contribution in [0, 0.1) is 0 Å². The number of nitrogens with one attached hydrogen (secondary N) is 2. The van der Waals surface area contributed by atoms with Crippen molar-refractivity contribution in [1.82, 2.24) is 25.4 Å². The van der Waals surface area contributed by atoms with Crippen LogP contribution >= 0.6 is 35.7 Å². The molecule has 1 aromatic heterocycles. The third-order valence-corrected chi connectivity index (χ3v) is 4.01. The molecule has 1 aromatic rings. The first kappa shape index (κ1) is 19.5. The van der Waals surface area contributed by atoms with Crippen LogP contribution in [0.3, 0.4) is 0 Å². The average Bonchev–Trinajstić information content (AvgIpc) is 2.78. The summed E-state index contributed by atoms with van der Waals surface area (Å²) in [6.07, 6.45) is 3.66. The van der Waals surface area contributed by atoms with E-state index in [1.807, 2.05) is 18.8 Å². The molecule has 0 aromatic carbocycles. The number of aliphatic imine (C=N–C) groups is 1. The monoisotopic (exact) mass is 412 g/mol. The SMILES string of the molecule is CCNC(=NCc1ncnn1C)NCC(C)(C)SC.I. The number of nitrogens with zero attached hydrogens (tertiary/aromatic N) is 4. The fraction of sp³-hybridized carbons (Fsp3) is 0.750. The summed E-state index contributed by atoms with van der Waals surface area (Å²) >= 11 is 1.83. The second kappa shape index (κ2) is 9.43. The third kappa shape index (κ3) is 6.78. The molecule has 0 aliphatic carbocycles. The van der Waals surface area contributed by atoms with Gasteiger partial charge in [-0.05, 0) is 27.0 Å². The van der Waals surface area contributed by atoms with E-state index in [-0.39, 0.29) is 28.7 Å². The molecule has 1 heterocycles. The summed E-state index contributed by atoms with van der Waals surface area (Å²) in [5.41, 5.74) is 0. The number of hydrogen-bond acceptors (Lipinski definition) is 4. The van der Waals surface area contributed by atoms with E-state index in [2.05, 4.69) is 52.7 Å². The Balaban J connectivity index is 0.00000361. The van der Waals surface area contributed by atoms with Crippen molar-refractivity contribution in [2.75, 3.05) is 19.3 Å². The Labute approximate surface area is 142 Å². The van der Waals surface area contributed by atoms with Gasteiger partial charge in [-0.3, -0.25) is 4.68 Å². The van der Waals surface area contributed by atoms with E-state index >= 15 is 0 Å². The van der Waals surface area contributed by atoms with Crippen molar-refractivity contribution in [1.29, 1.82) is 0 Å². The van der Waals surface area contributed by atoms with Crippen LogP contribution in [0.4, 0.5) is 0 Å². The first-order valence-corrected chi connectivity index (χ1v) is 7.61. The molecule has 0 bridgehead atoms. The zero-order valence-electron chi connectivity index (χ0n) is 12.8. The second-order valence-corrected chi connectivity index (χ2v) is 6.33. The Morgan fingerprint density at radius 2 is 2.15 bits per heavy atom. The summed E-state index contributed by atoms with van der Waals surface area (Å²) in [6.45, 7) is 8.68. The van der Waals surface area contributed by atoms with Gasteiger partial charge in [0.25, 0.3) is 0 Å². The molecule has 0 spiro atoms. The number of aryl methyl sites for hydroxylation is 1. The van der Waals surface area contributed by atoms with Crippen molar-refractivity contribution in [2.24, 2.45) is 12.0 Å². The van der Waals surface area contributed by atoms with Crippen LogP contribution in [-0.4, -0.2) is 44.8 Å². The molecule has 6 nitrogen and oxygen atoms in total. The number of aromatic nitrogens is 3. The third-order valence-electron chi connectivity index (χ3n) is 2.76. The van der Waals surface area contributed by atoms with Crippen LogP contribution < -0.4 is 10.6 Å². The van der Waals surface area contributed by atoms with E-state index in [9.17, 15) is 0 Å². The molecule has 0 aliphatic heterocycles. The van der Waals surface area contributed by atoms with Crippen LogP contribution in [0.15, 0.2) is 11.3 Å². The maximum atomic E-state index is 4.52. The first-order valence-electron chi connectivity index (χ1n) is 6.38. The van der Waals surface area contributed by atoms with E-state index < -0.39 is 0 Å². The molecule has 2 N–H and O–H groups in total. The van der Waals surface area contributed by atoms with E-state index in [1.165, 1.54) is 0 Å². The molecule has 0 saturated carbocycles. The van der Waals surface area contributed by atoms with Crippen molar-refractivity contribution in [3.63, 3.8) is 0 Å². The second-order valence-electron chi connectivity index (χ2n) is 4.81. The highest BCUT2D eigenvalue weighted by atomic mass is 127. The quantitative estimate of drug-likeness (QED) is 0.423. The van der Waals surface area contributed by atoms with Crippen LogP contribution in [0.1, 0.15) is 26.6 Å². The zero-order chi connectivity index (χ0) is 14.3. The summed E-state index contributed by atoms with van der Waals surface area (Å²) in [4.78, 5) is 8.67. The molecule has 116 valence electrons. The van der Waals surface area contributed by atoms with Gasteiger partial charge in [0.05, 0.1) is 0 Å². The number of hydrogen-bond donors (Lipinski definition) is 2. The number of rotatable bonds is 6. The van der Waals surface area contributed by atoms with Gasteiger partial charge < -0.3 is 10.6 Å².